The molecule has 0 spiro atoms. The maximum Gasteiger partial charge on any atom is 0.187 e. The van der Waals surface area contributed by atoms with Gasteiger partial charge in [-0.25, -0.2) is 4.98 Å². The maximum atomic E-state index is 9.11. The van der Waals surface area contributed by atoms with Crippen molar-refractivity contribution in [2.75, 3.05) is 5.32 Å². The summed E-state index contributed by atoms with van der Waals surface area (Å²) in [6.45, 7) is 6.12. The number of anilines is 2. The Balaban J connectivity index is 2.14. The van der Waals surface area contributed by atoms with Gasteiger partial charge in [-0.2, -0.15) is 5.26 Å². The fourth-order valence-electron chi connectivity index (χ4n) is 2.05. The molecule has 1 aromatic heterocycles. The van der Waals surface area contributed by atoms with Gasteiger partial charge in [0.2, 0.25) is 0 Å². The highest BCUT2D eigenvalue weighted by Crippen LogP contribution is 2.26. The van der Waals surface area contributed by atoms with E-state index < -0.39 is 0 Å². The maximum absolute atomic E-state index is 9.11. The monoisotopic (exact) mass is 312 g/mol. The van der Waals surface area contributed by atoms with Gasteiger partial charge in [0, 0.05) is 16.8 Å². The number of hydrogen-bond acceptors (Lipinski definition) is 5. The molecule has 22 heavy (non-hydrogen) atoms. The summed E-state index contributed by atoms with van der Waals surface area (Å²) in [5.74, 6) is 0.566. The second kappa shape index (κ2) is 7.10. The molecular formula is C17H20N4S. The standard InChI is InChI=1S/C17H20N4S/c1-4-11(2)13-5-7-14(8-6-13)20-17-21-16(10-22-17)15(9-18)12(3)19/h5-8,10-11H,4,19H2,1-3H3,(H,20,21)/b15-12-/t11-/m1/s1. The van der Waals surface area contributed by atoms with Crippen molar-refractivity contribution < 1.29 is 0 Å². The number of thiazole rings is 1. The molecule has 0 radical (unpaired) electrons. The zero-order valence-electron chi connectivity index (χ0n) is 13.1. The van der Waals surface area contributed by atoms with Gasteiger partial charge in [0.25, 0.3) is 0 Å². The Morgan fingerprint density at radius 1 is 1.41 bits per heavy atom. The van der Waals surface area contributed by atoms with E-state index in [9.17, 15) is 0 Å². The summed E-state index contributed by atoms with van der Waals surface area (Å²) >= 11 is 1.46. The Bertz CT molecular complexity index is 703. The van der Waals surface area contributed by atoms with E-state index in [1.54, 1.807) is 6.92 Å². The van der Waals surface area contributed by atoms with Crippen LogP contribution < -0.4 is 11.1 Å². The molecule has 0 aliphatic carbocycles. The number of benzene rings is 1. The third-order valence-corrected chi connectivity index (χ3v) is 4.37. The van der Waals surface area contributed by atoms with Crippen LogP contribution in [0, 0.1) is 11.3 Å². The predicted octanol–water partition coefficient (Wildman–Crippen LogP) is 4.61. The van der Waals surface area contributed by atoms with E-state index in [4.69, 9.17) is 11.0 Å². The molecule has 0 bridgehead atoms. The summed E-state index contributed by atoms with van der Waals surface area (Å²) < 4.78 is 0. The lowest BCUT2D eigenvalue weighted by atomic mass is 9.99. The average molecular weight is 312 g/mol. The molecule has 1 aromatic carbocycles. The van der Waals surface area contributed by atoms with Crippen molar-refractivity contribution in [1.82, 2.24) is 4.98 Å². The Labute approximate surface area is 135 Å². The number of nitrogens with one attached hydrogen (secondary N) is 1. The molecule has 2 rings (SSSR count). The van der Waals surface area contributed by atoms with E-state index in [0.29, 0.717) is 22.9 Å². The zero-order valence-corrected chi connectivity index (χ0v) is 13.9. The summed E-state index contributed by atoms with van der Waals surface area (Å²) in [5, 5.41) is 15.0. The van der Waals surface area contributed by atoms with E-state index >= 15 is 0 Å². The summed E-state index contributed by atoms with van der Waals surface area (Å²) in [5.41, 5.74) is 9.55. The Morgan fingerprint density at radius 2 is 2.09 bits per heavy atom. The molecular weight excluding hydrogens is 292 g/mol. The quantitative estimate of drug-likeness (QED) is 0.790. The Hall–Kier alpha value is -2.32. The lowest BCUT2D eigenvalue weighted by Crippen LogP contribution is -1.97. The fraction of sp³-hybridized carbons (Fsp3) is 0.294. The van der Waals surface area contributed by atoms with Gasteiger partial charge in [-0.1, -0.05) is 26.0 Å². The lowest BCUT2D eigenvalue weighted by molar-refractivity contribution is 0.734. The average Bonchev–Trinajstić information content (AvgIpc) is 2.95. The molecule has 3 N–H and O–H groups in total. The van der Waals surface area contributed by atoms with Crippen molar-refractivity contribution in [3.8, 4) is 6.07 Å². The molecule has 114 valence electrons. The van der Waals surface area contributed by atoms with Gasteiger partial charge in [0.05, 0.1) is 11.3 Å². The zero-order chi connectivity index (χ0) is 16.1. The highest BCUT2D eigenvalue weighted by molar-refractivity contribution is 7.13. The number of aromatic nitrogens is 1. The molecule has 0 fully saturated rings. The molecule has 5 heteroatoms. The molecule has 0 unspecified atom stereocenters. The van der Waals surface area contributed by atoms with Crippen molar-refractivity contribution in [3.63, 3.8) is 0 Å². The largest absolute Gasteiger partial charge is 0.401 e. The minimum Gasteiger partial charge on any atom is -0.401 e. The molecule has 0 saturated heterocycles. The first kappa shape index (κ1) is 16.1. The van der Waals surface area contributed by atoms with Crippen LogP contribution in [0.2, 0.25) is 0 Å². The van der Waals surface area contributed by atoms with Crippen molar-refractivity contribution in [1.29, 1.82) is 5.26 Å². The van der Waals surface area contributed by atoms with Crippen molar-refractivity contribution in [2.24, 2.45) is 5.73 Å². The van der Waals surface area contributed by atoms with Gasteiger partial charge in [0.15, 0.2) is 5.13 Å². The van der Waals surface area contributed by atoms with Crippen LogP contribution in [0.4, 0.5) is 10.8 Å². The van der Waals surface area contributed by atoms with Gasteiger partial charge in [-0.05, 0) is 37.0 Å². The fourth-order valence-corrected chi connectivity index (χ4v) is 2.77. The second-order valence-corrected chi connectivity index (χ2v) is 6.12. The predicted molar refractivity (Wildman–Crippen MR) is 92.9 cm³/mol. The van der Waals surface area contributed by atoms with Crippen LogP contribution in [-0.2, 0) is 0 Å². The molecule has 4 nitrogen and oxygen atoms in total. The lowest BCUT2D eigenvalue weighted by Gasteiger charge is -2.10. The van der Waals surface area contributed by atoms with Gasteiger partial charge < -0.3 is 11.1 Å². The molecule has 0 aliphatic rings. The SMILES string of the molecule is CC[C@@H](C)c1ccc(Nc2nc(/C(C#N)=C(/C)N)cs2)cc1. The van der Waals surface area contributed by atoms with E-state index in [-0.39, 0.29) is 0 Å². The van der Waals surface area contributed by atoms with E-state index in [1.165, 1.54) is 16.9 Å². The topological polar surface area (TPSA) is 74.7 Å². The Kier molecular flexibility index (Phi) is 5.18. The van der Waals surface area contributed by atoms with Crippen LogP contribution in [0.25, 0.3) is 5.57 Å². The van der Waals surface area contributed by atoms with Gasteiger partial charge in [0.1, 0.15) is 6.07 Å². The van der Waals surface area contributed by atoms with Gasteiger partial charge in [-0.3, -0.25) is 0 Å². The number of nitrogens with zero attached hydrogens (tertiary/aromatic N) is 2. The summed E-state index contributed by atoms with van der Waals surface area (Å²) in [4.78, 5) is 4.42. The number of nitriles is 1. The summed E-state index contributed by atoms with van der Waals surface area (Å²) in [6.07, 6.45) is 1.13. The van der Waals surface area contributed by atoms with Crippen LogP contribution >= 0.6 is 11.3 Å². The molecule has 1 atom stereocenters. The second-order valence-electron chi connectivity index (χ2n) is 5.26. The third-order valence-electron chi connectivity index (χ3n) is 3.61. The highest BCUT2D eigenvalue weighted by Gasteiger charge is 2.09. The van der Waals surface area contributed by atoms with E-state index in [0.717, 1.165) is 17.2 Å². The first-order valence-corrected chi connectivity index (χ1v) is 8.12. The molecule has 0 amide bonds. The van der Waals surface area contributed by atoms with Crippen LogP contribution in [0.3, 0.4) is 0 Å². The molecule has 0 saturated carbocycles. The molecule has 1 heterocycles. The number of nitrogens with two attached hydrogens (primary N) is 1. The van der Waals surface area contributed by atoms with Crippen LogP contribution in [0.1, 0.15) is 44.4 Å². The number of allylic oxidation sites excluding steroid dienone is 2. The third kappa shape index (κ3) is 3.66. The number of hydrogen-bond donors (Lipinski definition) is 2. The summed E-state index contributed by atoms with van der Waals surface area (Å²) in [6, 6.07) is 10.5. The normalized spacial score (nSPS) is 13.2. The van der Waals surface area contributed by atoms with E-state index in [1.807, 2.05) is 5.38 Å². The molecule has 2 aromatic rings. The van der Waals surface area contributed by atoms with Crippen molar-refractivity contribution >= 4 is 27.7 Å². The van der Waals surface area contributed by atoms with Gasteiger partial charge >= 0.3 is 0 Å². The van der Waals surface area contributed by atoms with Crippen molar-refractivity contribution in [2.45, 2.75) is 33.1 Å². The smallest absolute Gasteiger partial charge is 0.187 e. The van der Waals surface area contributed by atoms with Crippen LogP contribution in [-0.4, -0.2) is 4.98 Å². The minimum atomic E-state index is 0.427. The van der Waals surface area contributed by atoms with Crippen LogP contribution in [0.5, 0.6) is 0 Å². The van der Waals surface area contributed by atoms with Crippen LogP contribution in [0.15, 0.2) is 35.3 Å². The molecule has 0 aliphatic heterocycles. The Morgan fingerprint density at radius 3 is 2.64 bits per heavy atom. The van der Waals surface area contributed by atoms with Gasteiger partial charge in [-0.15, -0.1) is 11.3 Å². The summed E-state index contributed by atoms with van der Waals surface area (Å²) in [7, 11) is 0. The first-order valence-electron chi connectivity index (χ1n) is 7.24. The van der Waals surface area contributed by atoms with E-state index in [2.05, 4.69) is 54.5 Å². The first-order chi connectivity index (χ1) is 10.5. The highest BCUT2D eigenvalue weighted by atomic mass is 32.1. The number of rotatable bonds is 5. The minimum absolute atomic E-state index is 0.427. The van der Waals surface area contributed by atoms with Crippen molar-refractivity contribution in [3.05, 3.63) is 46.6 Å².